The predicted octanol–water partition coefficient (Wildman–Crippen LogP) is 1.56. The van der Waals surface area contributed by atoms with Crippen molar-refractivity contribution in [1.82, 2.24) is 19.7 Å². The van der Waals surface area contributed by atoms with Crippen molar-refractivity contribution in [2.24, 2.45) is 0 Å². The summed E-state index contributed by atoms with van der Waals surface area (Å²) in [7, 11) is 0. The van der Waals surface area contributed by atoms with E-state index in [-0.39, 0.29) is 12.5 Å². The van der Waals surface area contributed by atoms with E-state index in [1.807, 2.05) is 22.9 Å². The lowest BCUT2D eigenvalue weighted by atomic mass is 10.1. The SMILES string of the molecule is O=C(c1ccc2ncsc2c1)N1CCCn2nc([C@H](O)CO)cc2C1. The van der Waals surface area contributed by atoms with Crippen LogP contribution in [0.1, 0.15) is 34.3 Å². The molecule has 0 aliphatic carbocycles. The Morgan fingerprint density at radius 3 is 3.04 bits per heavy atom. The summed E-state index contributed by atoms with van der Waals surface area (Å²) in [6.07, 6.45) is -0.199. The third kappa shape index (κ3) is 3.04. The Morgan fingerprint density at radius 2 is 2.20 bits per heavy atom. The fourth-order valence-electron chi connectivity index (χ4n) is 3.08. The molecule has 3 aromatic rings. The number of rotatable bonds is 3. The first kappa shape index (κ1) is 16.2. The quantitative estimate of drug-likeness (QED) is 0.741. The van der Waals surface area contributed by atoms with Crippen LogP contribution in [-0.4, -0.2) is 48.9 Å². The third-order valence-electron chi connectivity index (χ3n) is 4.41. The van der Waals surface area contributed by atoms with Gasteiger partial charge in [0.1, 0.15) is 6.10 Å². The van der Waals surface area contributed by atoms with Crippen LogP contribution >= 0.6 is 11.3 Å². The minimum atomic E-state index is -0.989. The highest BCUT2D eigenvalue weighted by atomic mass is 32.1. The molecule has 25 heavy (non-hydrogen) atoms. The second-order valence-corrected chi connectivity index (χ2v) is 6.98. The van der Waals surface area contributed by atoms with Crippen LogP contribution in [0.25, 0.3) is 10.2 Å². The maximum atomic E-state index is 12.9. The molecule has 130 valence electrons. The normalized spacial score (nSPS) is 15.8. The summed E-state index contributed by atoms with van der Waals surface area (Å²) in [5.74, 6) is -0.0193. The van der Waals surface area contributed by atoms with Crippen molar-refractivity contribution >= 4 is 27.5 Å². The van der Waals surface area contributed by atoms with Crippen LogP contribution in [0.3, 0.4) is 0 Å². The van der Waals surface area contributed by atoms with Crippen molar-refractivity contribution in [2.45, 2.75) is 25.6 Å². The number of fused-ring (bicyclic) bond motifs is 2. The number of benzene rings is 1. The van der Waals surface area contributed by atoms with Crippen LogP contribution in [0, 0.1) is 0 Å². The summed E-state index contributed by atoms with van der Waals surface area (Å²) in [6, 6.07) is 7.34. The molecule has 0 bridgehead atoms. The largest absolute Gasteiger partial charge is 0.393 e. The predicted molar refractivity (Wildman–Crippen MR) is 93.3 cm³/mol. The first-order chi connectivity index (χ1) is 12.2. The van der Waals surface area contributed by atoms with Crippen molar-refractivity contribution in [3.8, 4) is 0 Å². The molecule has 4 rings (SSSR count). The number of aryl methyl sites for hydroxylation is 1. The van der Waals surface area contributed by atoms with Crippen LogP contribution < -0.4 is 0 Å². The van der Waals surface area contributed by atoms with Gasteiger partial charge < -0.3 is 15.1 Å². The van der Waals surface area contributed by atoms with Crippen LogP contribution in [0.5, 0.6) is 0 Å². The Labute approximate surface area is 148 Å². The van der Waals surface area contributed by atoms with Gasteiger partial charge in [-0.1, -0.05) is 0 Å². The number of aliphatic hydroxyl groups is 2. The highest BCUT2D eigenvalue weighted by molar-refractivity contribution is 7.16. The highest BCUT2D eigenvalue weighted by Gasteiger charge is 2.23. The van der Waals surface area contributed by atoms with E-state index in [9.17, 15) is 9.90 Å². The zero-order valence-electron chi connectivity index (χ0n) is 13.5. The number of amides is 1. The average Bonchev–Trinajstić information content (AvgIpc) is 3.21. The minimum absolute atomic E-state index is 0.0193. The molecule has 1 aromatic carbocycles. The lowest BCUT2D eigenvalue weighted by molar-refractivity contribution is 0.0745. The Morgan fingerprint density at radius 1 is 1.32 bits per heavy atom. The lowest BCUT2D eigenvalue weighted by Gasteiger charge is -2.20. The number of carbonyl (C=O) groups is 1. The van der Waals surface area contributed by atoms with Crippen LogP contribution in [0.4, 0.5) is 0 Å². The first-order valence-electron chi connectivity index (χ1n) is 8.14. The van der Waals surface area contributed by atoms with Crippen molar-refractivity contribution < 1.29 is 15.0 Å². The van der Waals surface area contributed by atoms with Gasteiger partial charge in [0.05, 0.1) is 40.3 Å². The van der Waals surface area contributed by atoms with Gasteiger partial charge >= 0.3 is 0 Å². The van der Waals surface area contributed by atoms with Gasteiger partial charge in [-0.3, -0.25) is 9.48 Å². The summed E-state index contributed by atoms with van der Waals surface area (Å²) in [4.78, 5) is 19.0. The molecule has 0 saturated carbocycles. The summed E-state index contributed by atoms with van der Waals surface area (Å²) < 4.78 is 2.81. The van der Waals surface area contributed by atoms with E-state index >= 15 is 0 Å². The standard InChI is InChI=1S/C17H18N4O3S/c22-9-15(23)14-7-12-8-20(4-1-5-21(12)19-14)17(24)11-2-3-13-16(6-11)25-10-18-13/h2-3,6-7,10,15,22-23H,1,4-5,8-9H2/t15-/m1/s1. The Kier molecular flexibility index (Phi) is 4.24. The number of aromatic nitrogens is 3. The Bertz CT molecular complexity index is 920. The van der Waals surface area contributed by atoms with E-state index in [1.165, 1.54) is 11.3 Å². The van der Waals surface area contributed by atoms with Gasteiger partial charge in [-0.25, -0.2) is 4.98 Å². The number of hydrogen-bond acceptors (Lipinski definition) is 6. The van der Waals surface area contributed by atoms with E-state index in [0.717, 1.165) is 22.3 Å². The van der Waals surface area contributed by atoms with E-state index in [2.05, 4.69) is 10.1 Å². The fourth-order valence-corrected chi connectivity index (χ4v) is 3.80. The molecule has 0 spiro atoms. The molecular formula is C17H18N4O3S. The number of aliphatic hydroxyl groups excluding tert-OH is 2. The molecule has 8 heteroatoms. The average molecular weight is 358 g/mol. The molecule has 1 aliphatic heterocycles. The Hall–Kier alpha value is -2.29. The topological polar surface area (TPSA) is 91.5 Å². The zero-order chi connectivity index (χ0) is 17.4. The fraction of sp³-hybridized carbons (Fsp3) is 0.353. The lowest BCUT2D eigenvalue weighted by Crippen LogP contribution is -2.30. The van der Waals surface area contributed by atoms with Crippen molar-refractivity contribution in [1.29, 1.82) is 0 Å². The molecule has 0 unspecified atom stereocenters. The molecule has 1 amide bonds. The van der Waals surface area contributed by atoms with Gasteiger partial charge in [0.15, 0.2) is 0 Å². The number of hydrogen-bond donors (Lipinski definition) is 2. The van der Waals surface area contributed by atoms with Gasteiger partial charge in [0.2, 0.25) is 0 Å². The minimum Gasteiger partial charge on any atom is -0.393 e. The molecule has 2 N–H and O–H groups in total. The van der Waals surface area contributed by atoms with E-state index in [0.29, 0.717) is 30.9 Å². The summed E-state index contributed by atoms with van der Waals surface area (Å²) in [5.41, 5.74) is 4.64. The maximum absolute atomic E-state index is 12.9. The highest BCUT2D eigenvalue weighted by Crippen LogP contribution is 2.22. The molecule has 0 saturated heterocycles. The van der Waals surface area contributed by atoms with E-state index in [1.54, 1.807) is 16.5 Å². The molecule has 0 radical (unpaired) electrons. The van der Waals surface area contributed by atoms with Crippen LogP contribution in [0.15, 0.2) is 29.8 Å². The summed E-state index contributed by atoms with van der Waals surface area (Å²) >= 11 is 1.52. The van der Waals surface area contributed by atoms with Gasteiger partial charge in [-0.15, -0.1) is 11.3 Å². The first-order valence-corrected chi connectivity index (χ1v) is 9.02. The molecule has 7 nitrogen and oxygen atoms in total. The second kappa shape index (κ2) is 6.55. The number of thiazole rings is 1. The number of nitrogens with zero attached hydrogens (tertiary/aromatic N) is 4. The summed E-state index contributed by atoms with van der Waals surface area (Å²) in [6.45, 7) is 1.41. The molecule has 2 aromatic heterocycles. The van der Waals surface area contributed by atoms with Crippen molar-refractivity contribution in [3.05, 3.63) is 46.7 Å². The van der Waals surface area contributed by atoms with Crippen LogP contribution in [-0.2, 0) is 13.1 Å². The summed E-state index contributed by atoms with van der Waals surface area (Å²) in [5, 5.41) is 23.2. The number of carbonyl (C=O) groups excluding carboxylic acids is 1. The van der Waals surface area contributed by atoms with E-state index in [4.69, 9.17) is 5.11 Å². The van der Waals surface area contributed by atoms with Crippen molar-refractivity contribution in [2.75, 3.05) is 13.2 Å². The Balaban J connectivity index is 1.59. The molecular weight excluding hydrogens is 340 g/mol. The maximum Gasteiger partial charge on any atom is 0.254 e. The molecule has 3 heterocycles. The van der Waals surface area contributed by atoms with Gasteiger partial charge in [0, 0.05) is 18.7 Å². The van der Waals surface area contributed by atoms with E-state index < -0.39 is 6.10 Å². The third-order valence-corrected chi connectivity index (χ3v) is 5.20. The van der Waals surface area contributed by atoms with Gasteiger partial charge in [-0.05, 0) is 30.7 Å². The van der Waals surface area contributed by atoms with Gasteiger partial charge in [0.25, 0.3) is 5.91 Å². The molecule has 1 atom stereocenters. The molecule has 1 aliphatic rings. The van der Waals surface area contributed by atoms with Crippen LogP contribution in [0.2, 0.25) is 0 Å². The van der Waals surface area contributed by atoms with Gasteiger partial charge in [-0.2, -0.15) is 5.10 Å². The van der Waals surface area contributed by atoms with Crippen molar-refractivity contribution in [3.63, 3.8) is 0 Å². The zero-order valence-corrected chi connectivity index (χ0v) is 14.3. The smallest absolute Gasteiger partial charge is 0.254 e. The second-order valence-electron chi connectivity index (χ2n) is 6.10. The molecule has 0 fully saturated rings. The monoisotopic (exact) mass is 358 g/mol.